The maximum atomic E-state index is 13.4. The van der Waals surface area contributed by atoms with E-state index in [0.717, 1.165) is 38.2 Å². The van der Waals surface area contributed by atoms with E-state index < -0.39 is 0 Å². The lowest BCUT2D eigenvalue weighted by Crippen LogP contribution is -2.46. The van der Waals surface area contributed by atoms with Gasteiger partial charge < -0.3 is 0 Å². The summed E-state index contributed by atoms with van der Waals surface area (Å²) in [6.45, 7) is 8.15. The molecule has 2 nitrogen and oxygen atoms in total. The van der Waals surface area contributed by atoms with Gasteiger partial charge in [0.2, 0.25) is 0 Å². The van der Waals surface area contributed by atoms with Gasteiger partial charge in [-0.2, -0.15) is 0 Å². The molecule has 3 aromatic rings. The maximum absolute atomic E-state index is 13.4. The molecular weight excluding hydrogens is 359 g/mol. The molecule has 1 atom stereocenters. The number of hydrogen-bond acceptors (Lipinski definition) is 2. The van der Waals surface area contributed by atoms with Gasteiger partial charge in [-0.15, -0.1) is 0 Å². The van der Waals surface area contributed by atoms with Crippen molar-refractivity contribution in [2.24, 2.45) is 0 Å². The van der Waals surface area contributed by atoms with Gasteiger partial charge in [-0.1, -0.05) is 71.8 Å². The fourth-order valence-corrected chi connectivity index (χ4v) is 4.29. The average molecular weight is 389 g/mol. The lowest BCUT2D eigenvalue weighted by atomic mass is 10.0. The zero-order valence-corrected chi connectivity index (χ0v) is 17.3. The van der Waals surface area contributed by atoms with Crippen LogP contribution in [0.4, 0.5) is 4.39 Å². The van der Waals surface area contributed by atoms with Crippen LogP contribution >= 0.6 is 0 Å². The Bertz CT molecular complexity index is 878. The topological polar surface area (TPSA) is 6.48 Å². The summed E-state index contributed by atoms with van der Waals surface area (Å²) < 4.78 is 13.4. The van der Waals surface area contributed by atoms with E-state index >= 15 is 0 Å². The molecule has 0 N–H and O–H groups in total. The minimum Gasteiger partial charge on any atom is -0.280 e. The van der Waals surface area contributed by atoms with E-state index in [1.54, 1.807) is 12.1 Å². The summed E-state index contributed by atoms with van der Waals surface area (Å²) >= 11 is 0. The molecule has 1 heterocycles. The first-order valence-corrected chi connectivity index (χ1v) is 10.4. The molecule has 0 aliphatic carbocycles. The number of benzene rings is 3. The van der Waals surface area contributed by atoms with Gasteiger partial charge in [0.05, 0.1) is 6.17 Å². The number of rotatable bonds is 5. The third kappa shape index (κ3) is 4.92. The molecule has 0 radical (unpaired) electrons. The van der Waals surface area contributed by atoms with Gasteiger partial charge >= 0.3 is 0 Å². The van der Waals surface area contributed by atoms with Crippen molar-refractivity contribution in [3.05, 3.63) is 106 Å². The highest BCUT2D eigenvalue weighted by molar-refractivity contribution is 5.27. The average Bonchev–Trinajstić information content (AvgIpc) is 2.72. The van der Waals surface area contributed by atoms with Crippen molar-refractivity contribution in [1.82, 2.24) is 9.80 Å². The van der Waals surface area contributed by atoms with E-state index in [-0.39, 0.29) is 12.0 Å². The first-order chi connectivity index (χ1) is 14.1. The normalized spacial score (nSPS) is 18.1. The Balaban J connectivity index is 1.63. The van der Waals surface area contributed by atoms with Crippen molar-refractivity contribution in [3.63, 3.8) is 0 Å². The molecule has 4 rings (SSSR count). The second-order valence-corrected chi connectivity index (χ2v) is 8.19. The standard InChI is InChI=1S/C26H29FN2/c1-20-7-9-22(10-8-20)18-28-15-4-16-29(19-23-11-13-25(27)14-12-23)26(28)24-6-3-5-21(2)17-24/h3,5-14,17,26H,4,15-16,18-19H2,1-2H3. The quantitative estimate of drug-likeness (QED) is 0.541. The molecule has 3 aromatic carbocycles. The predicted octanol–water partition coefficient (Wildman–Crippen LogP) is 5.85. The van der Waals surface area contributed by atoms with Crippen LogP contribution in [0.25, 0.3) is 0 Å². The summed E-state index contributed by atoms with van der Waals surface area (Å²) in [6, 6.07) is 24.6. The van der Waals surface area contributed by atoms with Gasteiger partial charge in [-0.3, -0.25) is 9.80 Å². The predicted molar refractivity (Wildman–Crippen MR) is 117 cm³/mol. The fraction of sp³-hybridized carbons (Fsp3) is 0.308. The Kier molecular flexibility index (Phi) is 6.08. The Morgan fingerprint density at radius 2 is 1.34 bits per heavy atom. The number of halogens is 1. The highest BCUT2D eigenvalue weighted by atomic mass is 19.1. The molecule has 0 saturated carbocycles. The van der Waals surface area contributed by atoms with Crippen molar-refractivity contribution in [2.45, 2.75) is 39.5 Å². The van der Waals surface area contributed by atoms with Crippen LogP contribution in [0.1, 0.15) is 40.4 Å². The van der Waals surface area contributed by atoms with Crippen LogP contribution in [0, 0.1) is 19.7 Å². The van der Waals surface area contributed by atoms with Crippen molar-refractivity contribution < 1.29 is 4.39 Å². The Morgan fingerprint density at radius 1 is 0.759 bits per heavy atom. The van der Waals surface area contributed by atoms with E-state index in [0.29, 0.717) is 0 Å². The van der Waals surface area contributed by atoms with Crippen LogP contribution in [0.5, 0.6) is 0 Å². The summed E-state index contributed by atoms with van der Waals surface area (Å²) in [5.74, 6) is -0.177. The highest BCUT2D eigenvalue weighted by Crippen LogP contribution is 2.32. The van der Waals surface area contributed by atoms with Gasteiger partial charge in [0.25, 0.3) is 0 Å². The fourth-order valence-electron chi connectivity index (χ4n) is 4.29. The first-order valence-electron chi connectivity index (χ1n) is 10.4. The van der Waals surface area contributed by atoms with Gasteiger partial charge in [0, 0.05) is 26.2 Å². The number of nitrogens with zero attached hydrogens (tertiary/aromatic N) is 2. The van der Waals surface area contributed by atoms with Crippen LogP contribution in [0.2, 0.25) is 0 Å². The van der Waals surface area contributed by atoms with Crippen molar-refractivity contribution in [3.8, 4) is 0 Å². The van der Waals surface area contributed by atoms with E-state index in [4.69, 9.17) is 0 Å². The van der Waals surface area contributed by atoms with Crippen LogP contribution < -0.4 is 0 Å². The molecule has 1 fully saturated rings. The lowest BCUT2D eigenvalue weighted by Gasteiger charge is -2.44. The minimum atomic E-state index is -0.177. The SMILES string of the molecule is Cc1ccc(CN2CCCN(Cc3ccc(F)cc3)C2c2cccc(C)c2)cc1. The molecule has 1 unspecified atom stereocenters. The van der Waals surface area contributed by atoms with Crippen LogP contribution in [-0.2, 0) is 13.1 Å². The Morgan fingerprint density at radius 3 is 1.93 bits per heavy atom. The summed E-state index contributed by atoms with van der Waals surface area (Å²) in [7, 11) is 0. The third-order valence-electron chi connectivity index (χ3n) is 5.73. The number of hydrogen-bond donors (Lipinski definition) is 0. The second kappa shape index (κ2) is 8.89. The van der Waals surface area contributed by atoms with Crippen molar-refractivity contribution in [2.75, 3.05) is 13.1 Å². The summed E-state index contributed by atoms with van der Waals surface area (Å²) in [4.78, 5) is 5.10. The summed E-state index contributed by atoms with van der Waals surface area (Å²) in [6.07, 6.45) is 1.35. The Hall–Kier alpha value is -2.49. The maximum Gasteiger partial charge on any atom is 0.123 e. The van der Waals surface area contributed by atoms with Gasteiger partial charge in [-0.25, -0.2) is 4.39 Å². The van der Waals surface area contributed by atoms with Crippen LogP contribution in [0.15, 0.2) is 72.8 Å². The number of aryl methyl sites for hydroxylation is 2. The second-order valence-electron chi connectivity index (χ2n) is 8.19. The molecule has 0 bridgehead atoms. The monoisotopic (exact) mass is 388 g/mol. The molecule has 29 heavy (non-hydrogen) atoms. The molecule has 1 saturated heterocycles. The van der Waals surface area contributed by atoms with Crippen LogP contribution in [0.3, 0.4) is 0 Å². The Labute approximate surface area is 173 Å². The molecule has 0 aromatic heterocycles. The zero-order chi connectivity index (χ0) is 20.2. The molecule has 3 heteroatoms. The zero-order valence-electron chi connectivity index (χ0n) is 17.3. The van der Waals surface area contributed by atoms with Gasteiger partial charge in [0.1, 0.15) is 5.82 Å². The molecule has 0 amide bonds. The van der Waals surface area contributed by atoms with Gasteiger partial charge in [-0.05, 0) is 49.1 Å². The molecular formula is C26H29FN2. The third-order valence-corrected chi connectivity index (χ3v) is 5.73. The molecule has 1 aliphatic rings. The van der Waals surface area contributed by atoms with Crippen molar-refractivity contribution >= 4 is 0 Å². The highest BCUT2D eigenvalue weighted by Gasteiger charge is 2.30. The molecule has 150 valence electrons. The molecule has 1 aliphatic heterocycles. The minimum absolute atomic E-state index is 0.177. The lowest BCUT2D eigenvalue weighted by molar-refractivity contribution is -0.00912. The van der Waals surface area contributed by atoms with E-state index in [9.17, 15) is 4.39 Å². The van der Waals surface area contributed by atoms with Crippen molar-refractivity contribution in [1.29, 1.82) is 0 Å². The molecule has 0 spiro atoms. The van der Waals surface area contributed by atoms with Crippen LogP contribution in [-0.4, -0.2) is 22.9 Å². The van der Waals surface area contributed by atoms with Gasteiger partial charge in [0.15, 0.2) is 0 Å². The van der Waals surface area contributed by atoms with E-state index in [1.165, 1.54) is 22.3 Å². The largest absolute Gasteiger partial charge is 0.280 e. The van der Waals surface area contributed by atoms with E-state index in [1.807, 2.05) is 12.1 Å². The smallest absolute Gasteiger partial charge is 0.123 e. The summed E-state index contributed by atoms with van der Waals surface area (Å²) in [5.41, 5.74) is 6.41. The first kappa shape index (κ1) is 19.8. The van der Waals surface area contributed by atoms with E-state index in [2.05, 4.69) is 72.2 Å². The summed E-state index contributed by atoms with van der Waals surface area (Å²) in [5, 5.41) is 0.